The van der Waals surface area contributed by atoms with Crippen LogP contribution in [0.3, 0.4) is 0 Å². The molecular weight excluding hydrogens is 793 g/mol. The number of carbonyl (C=O) groups excluding carboxylic acids is 4. The van der Waals surface area contributed by atoms with Crippen LogP contribution in [0.5, 0.6) is 11.5 Å². The smallest absolute Gasteiger partial charge is 0.407 e. The van der Waals surface area contributed by atoms with Gasteiger partial charge in [0.2, 0.25) is 5.91 Å². The Morgan fingerprint density at radius 2 is 1.31 bits per heavy atom. The Hall–Kier alpha value is -5.96. The normalized spacial score (nSPS) is 12.8. The number of ether oxygens (including phenoxy) is 5. The van der Waals surface area contributed by atoms with Gasteiger partial charge in [0.1, 0.15) is 35.6 Å². The minimum absolute atomic E-state index is 0.0113. The lowest BCUT2D eigenvalue weighted by Crippen LogP contribution is -2.36. The summed E-state index contributed by atoms with van der Waals surface area (Å²) in [5.74, 6) is 0.526. The number of anilines is 1. The highest BCUT2D eigenvalue weighted by molar-refractivity contribution is 5.95. The Morgan fingerprint density at radius 3 is 1.87 bits per heavy atom. The van der Waals surface area contributed by atoms with Crippen molar-refractivity contribution >= 4 is 29.5 Å². The predicted octanol–water partition coefficient (Wildman–Crippen LogP) is 6.96. The van der Waals surface area contributed by atoms with Crippen LogP contribution < -0.4 is 31.2 Å². The molecule has 6 N–H and O–H groups in total. The molecule has 14 nitrogen and oxygen atoms in total. The van der Waals surface area contributed by atoms with E-state index >= 15 is 0 Å². The number of aliphatic hydroxyl groups is 1. The molecule has 0 aromatic heterocycles. The third-order valence-corrected chi connectivity index (χ3v) is 10.7. The highest BCUT2D eigenvalue weighted by Gasteiger charge is 2.38. The summed E-state index contributed by atoms with van der Waals surface area (Å²) in [4.78, 5) is 49.5. The van der Waals surface area contributed by atoms with Crippen LogP contribution in [0.1, 0.15) is 68.7 Å². The van der Waals surface area contributed by atoms with Crippen molar-refractivity contribution < 1.29 is 48.0 Å². The maximum absolute atomic E-state index is 13.2. The lowest BCUT2D eigenvalue weighted by molar-refractivity contribution is -0.129. The number of ketones is 1. The van der Waals surface area contributed by atoms with Gasteiger partial charge in [-0.2, -0.15) is 0 Å². The molecule has 0 fully saturated rings. The van der Waals surface area contributed by atoms with Crippen LogP contribution in [-0.4, -0.2) is 82.2 Å². The van der Waals surface area contributed by atoms with Gasteiger partial charge in [0.05, 0.1) is 27.4 Å². The molecule has 3 atom stereocenters. The first kappa shape index (κ1) is 48.7. The second-order valence-electron chi connectivity index (χ2n) is 15.4. The summed E-state index contributed by atoms with van der Waals surface area (Å²) in [6.07, 6.45) is -0.0790. The van der Waals surface area contributed by atoms with Crippen molar-refractivity contribution in [1.82, 2.24) is 10.6 Å². The zero-order chi connectivity index (χ0) is 44.9. The molecule has 62 heavy (non-hydrogen) atoms. The van der Waals surface area contributed by atoms with Gasteiger partial charge >= 0.3 is 12.1 Å². The van der Waals surface area contributed by atoms with Gasteiger partial charge < -0.3 is 50.5 Å². The van der Waals surface area contributed by atoms with E-state index in [1.165, 1.54) is 0 Å². The molecule has 0 bridgehead atoms. The molecule has 4 aromatic rings. The Balaban J connectivity index is 1.22. The molecule has 0 aliphatic carbocycles. The predicted molar refractivity (Wildman–Crippen MR) is 237 cm³/mol. The topological polar surface area (TPSA) is 197 Å². The average Bonchev–Trinajstić information content (AvgIpc) is 3.28. The first-order valence-corrected chi connectivity index (χ1v) is 21.0. The van der Waals surface area contributed by atoms with E-state index in [0.717, 1.165) is 16.7 Å². The maximum atomic E-state index is 13.2. The molecule has 4 aromatic carbocycles. The van der Waals surface area contributed by atoms with Gasteiger partial charge in [-0.3, -0.25) is 9.59 Å². The van der Waals surface area contributed by atoms with Gasteiger partial charge in [-0.05, 0) is 83.8 Å². The molecular formula is C48H62N4O10. The monoisotopic (exact) mass is 854 g/mol. The fourth-order valence-corrected chi connectivity index (χ4v) is 6.74. The summed E-state index contributed by atoms with van der Waals surface area (Å²) >= 11 is 0. The number of hydrogen-bond donors (Lipinski definition) is 5. The Morgan fingerprint density at radius 1 is 0.726 bits per heavy atom. The van der Waals surface area contributed by atoms with E-state index in [4.69, 9.17) is 29.4 Å². The van der Waals surface area contributed by atoms with Crippen LogP contribution in [0.4, 0.5) is 15.3 Å². The van der Waals surface area contributed by atoms with Gasteiger partial charge in [0.25, 0.3) is 0 Å². The van der Waals surface area contributed by atoms with E-state index in [9.17, 15) is 24.3 Å². The summed E-state index contributed by atoms with van der Waals surface area (Å²) in [6.45, 7) is 6.67. The standard InChI is InChI=1S/C48H62N4O10/c1-33(2)34(3)44(54)29-36(11-9-26-50-46(49)56)45(55)52-40-20-14-35(15-21-40)30-61-47(57)51-27-10-28-60-31-41(53)32-62-48(37-12-7-6-8-13-37,38-16-22-42(58-4)23-17-38)39-18-24-43(59-5)25-19-39/h6-8,12-25,33-34,36,41,53H,9-11,26-32H2,1-5H3,(H,51,57)(H,52,55)(H3,49,50,56)/t34-,36+,41?/m0/s1. The molecule has 0 heterocycles. The van der Waals surface area contributed by atoms with E-state index in [1.54, 1.807) is 38.5 Å². The number of alkyl carbamates (subject to hydrolysis) is 1. The number of Topliss-reactive ketones (excluding diaryl/α,β-unsaturated/α-hetero) is 1. The zero-order valence-electron chi connectivity index (χ0n) is 36.4. The first-order chi connectivity index (χ1) is 29.9. The molecule has 1 unspecified atom stereocenters. The number of amides is 4. The van der Waals surface area contributed by atoms with Crippen LogP contribution in [0.15, 0.2) is 103 Å². The molecule has 0 radical (unpaired) electrons. The quantitative estimate of drug-likeness (QED) is 0.0325. The first-order valence-electron chi connectivity index (χ1n) is 21.0. The van der Waals surface area contributed by atoms with Crippen molar-refractivity contribution in [3.8, 4) is 11.5 Å². The van der Waals surface area contributed by atoms with Gasteiger partial charge in [-0.1, -0.05) is 87.5 Å². The van der Waals surface area contributed by atoms with Crippen molar-refractivity contribution in [3.05, 3.63) is 125 Å². The molecule has 334 valence electrons. The van der Waals surface area contributed by atoms with Gasteiger partial charge in [0.15, 0.2) is 0 Å². The summed E-state index contributed by atoms with van der Waals surface area (Å²) in [5, 5.41) is 19.1. The van der Waals surface area contributed by atoms with Crippen LogP contribution in [0.2, 0.25) is 0 Å². The van der Waals surface area contributed by atoms with Crippen LogP contribution in [0.25, 0.3) is 0 Å². The average molecular weight is 855 g/mol. The third-order valence-electron chi connectivity index (χ3n) is 10.7. The Kier molecular flexibility index (Phi) is 19.7. The largest absolute Gasteiger partial charge is 0.497 e. The molecule has 14 heteroatoms. The molecule has 0 saturated heterocycles. The zero-order valence-corrected chi connectivity index (χ0v) is 36.4. The van der Waals surface area contributed by atoms with Crippen molar-refractivity contribution in [2.45, 2.75) is 64.8 Å². The number of methoxy groups -OCH3 is 2. The number of benzene rings is 4. The fraction of sp³-hybridized carbons (Fsp3) is 0.417. The number of urea groups is 1. The Labute approximate surface area is 364 Å². The lowest BCUT2D eigenvalue weighted by atomic mass is 9.80. The van der Waals surface area contributed by atoms with Gasteiger partial charge in [-0.25, -0.2) is 9.59 Å². The molecule has 0 aliphatic rings. The molecule has 0 spiro atoms. The highest BCUT2D eigenvalue weighted by Crippen LogP contribution is 2.41. The highest BCUT2D eigenvalue weighted by atomic mass is 16.5. The summed E-state index contributed by atoms with van der Waals surface area (Å²) < 4.78 is 28.7. The fourth-order valence-electron chi connectivity index (χ4n) is 6.74. The second-order valence-corrected chi connectivity index (χ2v) is 15.4. The van der Waals surface area contributed by atoms with Gasteiger partial charge in [0, 0.05) is 43.6 Å². The SMILES string of the molecule is COc1ccc(C(OCC(O)COCCCNC(=O)OCc2ccc(NC(=O)[C@H](CCCNC(N)=O)CC(=O)[C@@H](C)C(C)C)cc2)(c2ccccc2)c2ccc(OC)cc2)cc1. The third kappa shape index (κ3) is 14.9. The lowest BCUT2D eigenvalue weighted by Gasteiger charge is -2.36. The molecule has 4 amide bonds. The number of nitrogens with one attached hydrogen (secondary N) is 3. The minimum Gasteiger partial charge on any atom is -0.497 e. The van der Waals surface area contributed by atoms with E-state index in [1.807, 2.05) is 99.6 Å². The van der Waals surface area contributed by atoms with E-state index < -0.39 is 29.7 Å². The van der Waals surface area contributed by atoms with Crippen LogP contribution in [0, 0.1) is 17.8 Å². The number of rotatable bonds is 26. The summed E-state index contributed by atoms with van der Waals surface area (Å²) in [7, 11) is 3.23. The Bertz CT molecular complexity index is 1930. The minimum atomic E-state index is -1.07. The van der Waals surface area contributed by atoms with Gasteiger partial charge in [-0.15, -0.1) is 0 Å². The number of carbonyl (C=O) groups is 4. The number of aliphatic hydroxyl groups excluding tert-OH is 1. The molecule has 4 rings (SSSR count). The number of primary amides is 1. The molecule has 0 aliphatic heterocycles. The second kappa shape index (κ2) is 25.1. The van der Waals surface area contributed by atoms with Crippen molar-refractivity contribution in [3.63, 3.8) is 0 Å². The van der Waals surface area contributed by atoms with Crippen molar-refractivity contribution in [2.75, 3.05) is 52.4 Å². The van der Waals surface area contributed by atoms with Crippen molar-refractivity contribution in [2.24, 2.45) is 23.5 Å². The van der Waals surface area contributed by atoms with E-state index in [-0.39, 0.29) is 56.4 Å². The van der Waals surface area contributed by atoms with Crippen molar-refractivity contribution in [1.29, 1.82) is 0 Å². The van der Waals surface area contributed by atoms with E-state index in [0.29, 0.717) is 55.1 Å². The summed E-state index contributed by atoms with van der Waals surface area (Å²) in [6, 6.07) is 31.4. The van der Waals surface area contributed by atoms with Crippen LogP contribution >= 0.6 is 0 Å². The van der Waals surface area contributed by atoms with Crippen LogP contribution in [-0.2, 0) is 36.0 Å². The van der Waals surface area contributed by atoms with E-state index in [2.05, 4.69) is 16.0 Å². The number of hydrogen-bond acceptors (Lipinski definition) is 10. The summed E-state index contributed by atoms with van der Waals surface area (Å²) in [5.41, 5.74) is 7.89. The number of nitrogens with two attached hydrogens (primary N) is 1. The molecule has 0 saturated carbocycles. The maximum Gasteiger partial charge on any atom is 0.407 e.